The molecule has 1 heterocycles. The van der Waals surface area contributed by atoms with Crippen LogP contribution in [0.4, 0.5) is 5.69 Å². The Kier molecular flexibility index (Phi) is 2.45. The normalized spacial score (nSPS) is 10.1. The maximum Gasteiger partial charge on any atom is 0.0991 e. The molecular weight excluding hydrogens is 194 g/mol. The molecular formula is C10H11N3S. The molecule has 0 aliphatic heterocycles. The molecule has 0 unspecified atom stereocenters. The molecule has 14 heavy (non-hydrogen) atoms. The van der Waals surface area contributed by atoms with E-state index < -0.39 is 0 Å². The lowest BCUT2D eigenvalue weighted by molar-refractivity contribution is 1.06. The van der Waals surface area contributed by atoms with Crippen LogP contribution in [0.15, 0.2) is 43.0 Å². The van der Waals surface area contributed by atoms with Crippen LogP contribution in [0.5, 0.6) is 0 Å². The highest BCUT2D eigenvalue weighted by molar-refractivity contribution is 7.81. The monoisotopic (exact) mass is 205 g/mol. The second-order valence-corrected chi connectivity index (χ2v) is 3.61. The number of thiol groups is 1. The lowest BCUT2D eigenvalue weighted by Crippen LogP contribution is -2.00. The van der Waals surface area contributed by atoms with Gasteiger partial charge in [-0.2, -0.15) is 0 Å². The van der Waals surface area contributed by atoms with Gasteiger partial charge >= 0.3 is 0 Å². The number of nitrogens with zero attached hydrogens (tertiary/aromatic N) is 3. The summed E-state index contributed by atoms with van der Waals surface area (Å²) in [7, 11) is 1.90. The van der Waals surface area contributed by atoms with Gasteiger partial charge < -0.3 is 8.87 Å². The van der Waals surface area contributed by atoms with Gasteiger partial charge in [-0.25, -0.2) is 4.98 Å². The number of aromatic nitrogens is 2. The van der Waals surface area contributed by atoms with E-state index >= 15 is 0 Å². The van der Waals surface area contributed by atoms with Crippen LogP contribution < -0.4 is 4.31 Å². The first-order valence-corrected chi connectivity index (χ1v) is 4.68. The molecule has 0 saturated carbocycles. The first-order chi connectivity index (χ1) is 6.77. The van der Waals surface area contributed by atoms with Crippen molar-refractivity contribution in [2.75, 3.05) is 11.4 Å². The third-order valence-electron chi connectivity index (χ3n) is 2.03. The fraction of sp³-hybridized carbons (Fsp3) is 0.100. The highest BCUT2D eigenvalue weighted by atomic mass is 32.1. The van der Waals surface area contributed by atoms with Crippen LogP contribution in [-0.2, 0) is 0 Å². The van der Waals surface area contributed by atoms with Crippen LogP contribution in [0.3, 0.4) is 0 Å². The van der Waals surface area contributed by atoms with Crippen molar-refractivity contribution in [2.45, 2.75) is 0 Å². The van der Waals surface area contributed by atoms with E-state index in [-0.39, 0.29) is 0 Å². The molecule has 0 saturated heterocycles. The van der Waals surface area contributed by atoms with Crippen LogP contribution >= 0.6 is 12.8 Å². The number of hydrogen-bond acceptors (Lipinski definition) is 3. The quantitative estimate of drug-likeness (QED) is 0.758. The molecule has 3 nitrogen and oxygen atoms in total. The third-order valence-corrected chi connectivity index (χ3v) is 2.26. The zero-order chi connectivity index (χ0) is 9.97. The molecule has 4 heteroatoms. The highest BCUT2D eigenvalue weighted by Crippen LogP contribution is 2.16. The summed E-state index contributed by atoms with van der Waals surface area (Å²) in [5.41, 5.74) is 2.17. The van der Waals surface area contributed by atoms with E-state index in [1.165, 1.54) is 0 Å². The largest absolute Gasteiger partial charge is 0.322 e. The minimum absolute atomic E-state index is 1.07. The zero-order valence-electron chi connectivity index (χ0n) is 7.83. The number of anilines is 1. The molecule has 2 rings (SSSR count). The van der Waals surface area contributed by atoms with Gasteiger partial charge in [0.1, 0.15) is 0 Å². The molecule has 0 bridgehead atoms. The fourth-order valence-electron chi connectivity index (χ4n) is 1.25. The molecule has 0 aliphatic carbocycles. The first kappa shape index (κ1) is 9.15. The van der Waals surface area contributed by atoms with E-state index in [0.717, 1.165) is 11.4 Å². The van der Waals surface area contributed by atoms with Crippen molar-refractivity contribution in [3.05, 3.63) is 43.0 Å². The highest BCUT2D eigenvalue weighted by Gasteiger charge is 1.97. The Morgan fingerprint density at radius 3 is 2.50 bits per heavy atom. The molecule has 0 N–H and O–H groups in total. The Labute approximate surface area is 88.5 Å². The molecule has 2 aromatic rings. The Morgan fingerprint density at radius 2 is 2.00 bits per heavy atom. The fourth-order valence-corrected chi connectivity index (χ4v) is 1.39. The van der Waals surface area contributed by atoms with E-state index in [9.17, 15) is 0 Å². The van der Waals surface area contributed by atoms with Gasteiger partial charge in [0.2, 0.25) is 0 Å². The first-order valence-electron chi connectivity index (χ1n) is 4.28. The van der Waals surface area contributed by atoms with Crippen LogP contribution in [0.1, 0.15) is 0 Å². The summed E-state index contributed by atoms with van der Waals surface area (Å²) in [5, 5.41) is 0. The van der Waals surface area contributed by atoms with Crippen molar-refractivity contribution in [1.82, 2.24) is 9.55 Å². The van der Waals surface area contributed by atoms with Crippen molar-refractivity contribution < 1.29 is 0 Å². The van der Waals surface area contributed by atoms with E-state index in [0.29, 0.717) is 0 Å². The minimum Gasteiger partial charge on any atom is -0.322 e. The maximum absolute atomic E-state index is 4.21. The van der Waals surface area contributed by atoms with E-state index in [4.69, 9.17) is 0 Å². The number of rotatable bonds is 2. The van der Waals surface area contributed by atoms with Crippen molar-refractivity contribution in [3.63, 3.8) is 0 Å². The summed E-state index contributed by atoms with van der Waals surface area (Å²) >= 11 is 4.21. The summed E-state index contributed by atoms with van der Waals surface area (Å²) in [5.74, 6) is 0. The summed E-state index contributed by atoms with van der Waals surface area (Å²) < 4.78 is 3.74. The van der Waals surface area contributed by atoms with Gasteiger partial charge in [-0.05, 0) is 24.3 Å². The van der Waals surface area contributed by atoms with Crippen molar-refractivity contribution >= 4 is 18.5 Å². The van der Waals surface area contributed by atoms with Crippen molar-refractivity contribution in [1.29, 1.82) is 0 Å². The summed E-state index contributed by atoms with van der Waals surface area (Å²) in [6.07, 6.45) is 5.46. The van der Waals surface area contributed by atoms with Crippen molar-refractivity contribution in [2.24, 2.45) is 0 Å². The summed E-state index contributed by atoms with van der Waals surface area (Å²) in [6, 6.07) is 8.10. The van der Waals surface area contributed by atoms with Gasteiger partial charge in [0.25, 0.3) is 0 Å². The predicted octanol–water partition coefficient (Wildman–Crippen LogP) is 2.15. The molecule has 0 amide bonds. The Balaban J connectivity index is 2.31. The molecule has 72 valence electrons. The van der Waals surface area contributed by atoms with E-state index in [1.807, 2.05) is 42.1 Å². The van der Waals surface area contributed by atoms with Crippen LogP contribution in [-0.4, -0.2) is 16.6 Å². The Morgan fingerprint density at radius 1 is 1.29 bits per heavy atom. The van der Waals surface area contributed by atoms with E-state index in [1.54, 1.807) is 16.8 Å². The second kappa shape index (κ2) is 3.75. The lowest BCUT2D eigenvalue weighted by Gasteiger charge is -2.11. The van der Waals surface area contributed by atoms with Gasteiger partial charge in [0, 0.05) is 30.8 Å². The van der Waals surface area contributed by atoms with E-state index in [2.05, 4.69) is 17.8 Å². The predicted molar refractivity (Wildman–Crippen MR) is 61.0 cm³/mol. The SMILES string of the molecule is CN(S)c1ccc(-n2ccnc2)cc1. The van der Waals surface area contributed by atoms with Gasteiger partial charge in [0.15, 0.2) is 0 Å². The molecule has 0 atom stereocenters. The van der Waals surface area contributed by atoms with Gasteiger partial charge in [0.05, 0.1) is 6.33 Å². The Bertz CT molecular complexity index is 392. The number of imidazole rings is 1. The molecule has 1 aromatic carbocycles. The average molecular weight is 205 g/mol. The Hall–Kier alpha value is -1.42. The van der Waals surface area contributed by atoms with Gasteiger partial charge in [-0.3, -0.25) is 0 Å². The van der Waals surface area contributed by atoms with Crippen LogP contribution in [0.2, 0.25) is 0 Å². The van der Waals surface area contributed by atoms with Crippen LogP contribution in [0.25, 0.3) is 5.69 Å². The molecule has 1 aromatic heterocycles. The molecule has 0 radical (unpaired) electrons. The molecule has 0 spiro atoms. The maximum atomic E-state index is 4.21. The second-order valence-electron chi connectivity index (χ2n) is 3.01. The number of benzene rings is 1. The minimum atomic E-state index is 1.07. The van der Waals surface area contributed by atoms with Gasteiger partial charge in [-0.15, -0.1) is 0 Å². The average Bonchev–Trinajstić information content (AvgIpc) is 2.71. The smallest absolute Gasteiger partial charge is 0.0991 e. The molecule has 0 fully saturated rings. The standard InChI is InChI=1S/C10H11N3S/c1-12(14)9-2-4-10(5-3-9)13-7-6-11-8-13/h2-8,14H,1H3. The van der Waals surface area contributed by atoms with Crippen molar-refractivity contribution in [3.8, 4) is 5.69 Å². The third kappa shape index (κ3) is 1.75. The number of hydrogen-bond donors (Lipinski definition) is 1. The summed E-state index contributed by atoms with van der Waals surface area (Å²) in [4.78, 5) is 3.99. The topological polar surface area (TPSA) is 21.1 Å². The summed E-state index contributed by atoms with van der Waals surface area (Å²) in [6.45, 7) is 0. The van der Waals surface area contributed by atoms with Crippen LogP contribution in [0, 0.1) is 0 Å². The molecule has 0 aliphatic rings. The van der Waals surface area contributed by atoms with Gasteiger partial charge in [-0.1, -0.05) is 12.8 Å². The zero-order valence-corrected chi connectivity index (χ0v) is 8.72. The lowest BCUT2D eigenvalue weighted by atomic mass is 10.3.